The van der Waals surface area contributed by atoms with E-state index in [2.05, 4.69) is 68.8 Å². The van der Waals surface area contributed by atoms with E-state index in [0.717, 1.165) is 11.1 Å². The fourth-order valence-corrected chi connectivity index (χ4v) is 17.5. The normalized spacial score (nSPS) is 28.6. The summed E-state index contributed by atoms with van der Waals surface area (Å²) in [6.45, 7) is 15.5. The molecular formula is C89H124N20O18. The second-order valence-corrected chi connectivity index (χ2v) is 34.3. The number of Topliss-reactive ketones (excluding diaryl/α,β-unsaturated/α-hetero) is 1. The van der Waals surface area contributed by atoms with Crippen LogP contribution in [-0.2, 0) is 65.6 Å². The van der Waals surface area contributed by atoms with Gasteiger partial charge in [0, 0.05) is 122 Å². The molecule has 12 rings (SSSR count). The number of hydrogen-bond acceptors (Lipinski definition) is 33. The van der Waals surface area contributed by atoms with Crippen LogP contribution in [0.2, 0.25) is 0 Å². The number of carbonyl (C=O) groups is 5. The maximum atomic E-state index is 14.8. The van der Waals surface area contributed by atoms with Gasteiger partial charge in [0.2, 0.25) is 23.6 Å². The number of nitrogen functional groups attached to an aromatic ring is 2. The third kappa shape index (κ3) is 24.2. The maximum Gasteiger partial charge on any atom is 0.329 e. The fraction of sp³-hybridized carbons (Fsp3) is 0.596. The molecule has 3 saturated heterocycles. The second kappa shape index (κ2) is 44.8. The van der Waals surface area contributed by atoms with E-state index < -0.39 is 96.0 Å². The van der Waals surface area contributed by atoms with Gasteiger partial charge in [0.15, 0.2) is 17.8 Å². The molecule has 2 bridgehead atoms. The number of fused-ring (bicyclic) bond motifs is 5. The van der Waals surface area contributed by atoms with Gasteiger partial charge in [-0.05, 0) is 138 Å². The molecule has 38 nitrogen and oxygen atoms in total. The number of benzene rings is 1. The number of oxime groups is 1. The number of methoxy groups -OCH3 is 3. The number of carbonyl (C=O) groups excluding carboxylic acids is 5. The number of unbranched alkanes of at least 4 members (excludes halogenated alkanes) is 1. The second-order valence-electron chi connectivity index (χ2n) is 34.3. The van der Waals surface area contributed by atoms with Crippen LogP contribution in [-0.4, -0.2) is 272 Å². The topological polar surface area (TPSA) is 501 Å². The summed E-state index contributed by atoms with van der Waals surface area (Å²) < 4.78 is 44.8. The Bertz CT molecular complexity index is 5000. The van der Waals surface area contributed by atoms with Gasteiger partial charge in [-0.25, -0.2) is 44.1 Å². The van der Waals surface area contributed by atoms with E-state index in [0.29, 0.717) is 172 Å². The monoisotopic (exact) mass is 1760 g/mol. The lowest BCUT2D eigenvalue weighted by atomic mass is 9.78. The van der Waals surface area contributed by atoms with Crippen LogP contribution < -0.4 is 31.9 Å². The van der Waals surface area contributed by atoms with E-state index in [1.165, 1.54) is 35.4 Å². The first kappa shape index (κ1) is 95.4. The van der Waals surface area contributed by atoms with Crippen LogP contribution in [0.5, 0.6) is 0 Å². The highest BCUT2D eigenvalue weighted by Crippen LogP contribution is 2.40. The number of nitrogens with zero attached hydrogens (tertiary/aromatic N) is 16. The van der Waals surface area contributed by atoms with Crippen LogP contribution in [0.15, 0.2) is 113 Å². The number of aryl methyl sites for hydroxylation is 1. The lowest BCUT2D eigenvalue weighted by Gasteiger charge is -2.43. The largest absolute Gasteiger partial charge is 0.460 e. The first-order valence-electron chi connectivity index (χ1n) is 44.1. The van der Waals surface area contributed by atoms with E-state index >= 15 is 0 Å². The number of amides is 3. The zero-order valence-electron chi connectivity index (χ0n) is 74.1. The van der Waals surface area contributed by atoms with Gasteiger partial charge in [0.05, 0.1) is 91.6 Å². The number of ketones is 1. The molecule has 38 heteroatoms. The van der Waals surface area contributed by atoms with Gasteiger partial charge in [0.1, 0.15) is 59.1 Å². The first-order valence-corrected chi connectivity index (χ1v) is 44.1. The summed E-state index contributed by atoms with van der Waals surface area (Å²) in [6, 6.07) is 3.89. The van der Waals surface area contributed by atoms with Crippen molar-refractivity contribution in [3.05, 3.63) is 114 Å². The van der Waals surface area contributed by atoms with E-state index in [9.17, 15) is 49.5 Å². The van der Waals surface area contributed by atoms with Crippen LogP contribution >= 0.6 is 0 Å². The predicted octanol–water partition coefficient (Wildman–Crippen LogP) is 6.67. The highest BCUT2D eigenvalue weighted by atomic mass is 16.6. The Morgan fingerprint density at radius 2 is 1.59 bits per heavy atom. The standard InChI is InChI=1S/C89H124N20O18/c1-52-18-12-11-13-19-53(2)71(120-8)41-65-24-21-58(7)89(119,127-65)80(115)84(117)107-30-16-14-20-67(107)85(118)125-72(55(4)38-59-22-25-68(111)73(39-59)121-9)42-69(112)54(3)37-57(6)78(114)79(122-10)76(56(5)36-52)103-124-50-62-47-109(104-101-62)63-45-96-88(97-46-63)106-33-32-105(48-64(106)49-110)87-94-43-61(44-95-87)83(116)93-29-35-123-34-27-74(113)92-28-15-17-31-108-82-75(81(90)98-51-99-82)77(102-108)60-23-26-70-66(40-60)100-86(91)126-70/h11-13,18-19,23,26,37,40,43-47,51-52,54-56,58-59,64-65,67-69,71-73,78-79,110-112,114,119H,14-17,20-22,24-25,27-36,38-39,41-42,48-50H2,1-10H3,(H2,91,100)(H,92,113)(H,93,116)(H2,90,98,99)/b13-11+,18-12+,53-19+,57-37+,103-76?/t52-,54-,55-,56-,58-,59+,64?,65+,67+,68-,69-,71+,72+,73-,78-,79+,89-/m1/s1. The van der Waals surface area contributed by atoms with Crippen LogP contribution in [0.1, 0.15) is 161 Å². The average molecular weight is 1760 g/mol. The third-order valence-corrected chi connectivity index (χ3v) is 25.0. The number of nitrogens with two attached hydrogens (primary N) is 2. The van der Waals surface area contributed by atoms with Crippen LogP contribution in [0.25, 0.3) is 39.1 Å². The van der Waals surface area contributed by atoms with Gasteiger partial charge in [-0.15, -0.1) is 5.10 Å². The maximum absolute atomic E-state index is 14.8. The van der Waals surface area contributed by atoms with Gasteiger partial charge in [-0.1, -0.05) is 81.4 Å². The summed E-state index contributed by atoms with van der Waals surface area (Å²) >= 11 is 0. The van der Waals surface area contributed by atoms with Crippen LogP contribution in [0.3, 0.4) is 0 Å². The number of piperazine rings is 1. The molecule has 0 radical (unpaired) electrons. The molecule has 4 fully saturated rings. The van der Waals surface area contributed by atoms with Gasteiger partial charge in [0.25, 0.3) is 23.6 Å². The Morgan fingerprint density at radius 3 is 2.35 bits per heavy atom. The van der Waals surface area contributed by atoms with E-state index in [1.807, 2.05) is 67.0 Å². The summed E-state index contributed by atoms with van der Waals surface area (Å²) in [5.74, 6) is -6.93. The smallest absolute Gasteiger partial charge is 0.329 e. The van der Waals surface area contributed by atoms with Gasteiger partial charge < -0.3 is 100 Å². The number of hydrogen-bond donors (Lipinski definition) is 9. The van der Waals surface area contributed by atoms with E-state index in [-0.39, 0.29) is 112 Å². The SMILES string of the molecule is CO[C@H]1C[C@@H]2CC[C@@H](C)[C@@](O)(O2)C(=O)C(=O)N2CCCC[C@H]2C(=O)O[C@H]([C@H](C)C[C@@H]2CC[C@@H](O)[C@H](OC)C2)C[C@@H](O)[C@H](C)/C=C(\C)[C@@H](O)[C@@H](OC)C(=NOCc2cn(-c3cnc(N4CCN(c5ncc(C(=O)NCCOCCC(=O)NCCCCn6nc(-c7ccc8oc(N)nc8c7)c7c(N)ncnc76)cn5)CC4CO)nc3)nn2)[C@H](C)C[C@H](C)/C=C/C=C/C=C/1C. The van der Waals surface area contributed by atoms with Crippen molar-refractivity contribution in [1.82, 2.24) is 75.2 Å². The molecule has 17 atom stereocenters. The average Bonchev–Trinajstić information content (AvgIpc) is 1.72. The molecule has 1 aliphatic carbocycles. The quantitative estimate of drug-likeness (QED) is 0.00898. The van der Waals surface area contributed by atoms with Gasteiger partial charge in [-0.2, -0.15) is 10.1 Å². The number of oxazole rings is 1. The number of nitrogens with one attached hydrogen (secondary N) is 2. The number of ether oxygens (including phenoxy) is 6. The number of anilines is 4. The summed E-state index contributed by atoms with van der Waals surface area (Å²) in [4.78, 5) is 112. The van der Waals surface area contributed by atoms with E-state index in [1.54, 1.807) is 70.4 Å². The number of aliphatic hydroxyl groups is 5. The molecule has 688 valence electrons. The molecule has 6 aromatic heterocycles. The zero-order valence-corrected chi connectivity index (χ0v) is 74.1. The Hall–Kier alpha value is -10.7. The fourth-order valence-electron chi connectivity index (χ4n) is 17.5. The third-order valence-electron chi connectivity index (χ3n) is 25.0. The molecule has 7 aromatic rings. The van der Waals surface area contributed by atoms with Gasteiger partial charge >= 0.3 is 5.97 Å². The van der Waals surface area contributed by atoms with Crippen molar-refractivity contribution in [3.8, 4) is 16.9 Å². The highest BCUT2D eigenvalue weighted by Gasteiger charge is 2.53. The van der Waals surface area contributed by atoms with Gasteiger partial charge in [-0.3, -0.25) is 19.2 Å². The number of cyclic esters (lactones) is 1. The minimum absolute atomic E-state index is 0.0343. The Labute approximate surface area is 738 Å². The summed E-state index contributed by atoms with van der Waals surface area (Å²) in [5, 5.41) is 82.9. The van der Waals surface area contributed by atoms with Crippen molar-refractivity contribution < 1.29 is 87.2 Å². The molecular weight excluding hydrogens is 1640 g/mol. The van der Waals surface area contributed by atoms with Crippen molar-refractivity contribution in [1.29, 1.82) is 0 Å². The van der Waals surface area contributed by atoms with Crippen molar-refractivity contribution >= 4 is 81.0 Å². The van der Waals surface area contributed by atoms with Crippen LogP contribution in [0, 0.1) is 35.5 Å². The van der Waals surface area contributed by atoms with Crippen molar-refractivity contribution in [2.75, 3.05) is 102 Å². The molecule has 10 heterocycles. The number of piperidine rings is 1. The number of esters is 1. The van der Waals surface area contributed by atoms with Crippen LogP contribution in [0.4, 0.5) is 23.7 Å². The number of aromatic nitrogens is 12. The molecule has 11 N–H and O–H groups in total. The van der Waals surface area contributed by atoms with Crippen molar-refractivity contribution in [2.45, 2.75) is 225 Å². The molecule has 3 amide bonds. The molecule has 1 unspecified atom stereocenters. The summed E-state index contributed by atoms with van der Waals surface area (Å²) in [7, 11) is 4.63. The zero-order chi connectivity index (χ0) is 90.6. The summed E-state index contributed by atoms with van der Waals surface area (Å²) in [6.07, 6.45) is 20.9. The predicted molar refractivity (Wildman–Crippen MR) is 470 cm³/mol. The molecule has 1 aromatic carbocycles. The minimum Gasteiger partial charge on any atom is -0.460 e. The lowest BCUT2D eigenvalue weighted by molar-refractivity contribution is -0.265. The van der Waals surface area contributed by atoms with Crippen molar-refractivity contribution in [2.24, 2.45) is 40.7 Å². The Morgan fingerprint density at radius 1 is 0.803 bits per heavy atom. The Kier molecular flexibility index (Phi) is 33.7. The van der Waals surface area contributed by atoms with Crippen molar-refractivity contribution in [3.63, 3.8) is 0 Å². The Balaban J connectivity index is 0.638. The summed E-state index contributed by atoms with van der Waals surface area (Å²) in [5.41, 5.74) is 18.0. The number of allylic oxidation sites excluding steroid dienone is 5. The number of rotatable bonds is 26. The lowest BCUT2D eigenvalue weighted by Crippen LogP contribution is -2.61. The molecule has 0 spiro atoms. The molecule has 5 aliphatic rings. The highest BCUT2D eigenvalue weighted by molar-refractivity contribution is 6.39. The first-order chi connectivity index (χ1) is 61.1. The number of aliphatic hydroxyl groups excluding tert-OH is 4. The molecule has 4 aliphatic heterocycles. The molecule has 1 saturated carbocycles. The minimum atomic E-state index is -2.47. The molecule has 127 heavy (non-hydrogen) atoms. The van der Waals surface area contributed by atoms with E-state index in [4.69, 9.17) is 59.4 Å².